The quantitative estimate of drug-likeness (QED) is 0.706. The SMILES string of the molecule is O=C1CC(S(=O)(=O)F)CN1C1(C(=O)O)CCOCC1. The summed E-state index contributed by atoms with van der Waals surface area (Å²) in [5, 5.41) is 7.89. The lowest BCUT2D eigenvalue weighted by atomic mass is 9.88. The topological polar surface area (TPSA) is 101 Å². The first-order valence-corrected chi connectivity index (χ1v) is 7.27. The molecule has 1 atom stereocenters. The first-order chi connectivity index (χ1) is 8.77. The minimum atomic E-state index is -4.85. The first-order valence-electron chi connectivity index (χ1n) is 5.82. The summed E-state index contributed by atoms with van der Waals surface area (Å²) in [4.78, 5) is 24.3. The molecule has 108 valence electrons. The van der Waals surface area contributed by atoms with E-state index in [9.17, 15) is 27.0 Å². The average Bonchev–Trinajstić information content (AvgIpc) is 2.72. The van der Waals surface area contributed by atoms with Crippen molar-refractivity contribution in [1.82, 2.24) is 4.90 Å². The fourth-order valence-electron chi connectivity index (χ4n) is 2.59. The average molecular weight is 295 g/mol. The Morgan fingerprint density at radius 1 is 1.42 bits per heavy atom. The van der Waals surface area contributed by atoms with E-state index in [1.807, 2.05) is 0 Å². The molecule has 2 fully saturated rings. The Labute approximate surface area is 109 Å². The highest BCUT2D eigenvalue weighted by atomic mass is 32.3. The zero-order valence-electron chi connectivity index (χ0n) is 10.0. The molecule has 0 bridgehead atoms. The van der Waals surface area contributed by atoms with E-state index in [0.29, 0.717) is 0 Å². The molecule has 2 aliphatic rings. The predicted molar refractivity (Wildman–Crippen MR) is 60.6 cm³/mol. The van der Waals surface area contributed by atoms with Crippen LogP contribution in [-0.4, -0.2) is 60.8 Å². The van der Waals surface area contributed by atoms with E-state index in [1.165, 1.54) is 0 Å². The van der Waals surface area contributed by atoms with Crippen molar-refractivity contribution >= 4 is 22.1 Å². The van der Waals surface area contributed by atoms with Gasteiger partial charge in [-0.3, -0.25) is 4.79 Å². The van der Waals surface area contributed by atoms with Crippen molar-refractivity contribution in [1.29, 1.82) is 0 Å². The van der Waals surface area contributed by atoms with Crippen LogP contribution in [0.25, 0.3) is 0 Å². The van der Waals surface area contributed by atoms with E-state index in [1.54, 1.807) is 0 Å². The van der Waals surface area contributed by atoms with Crippen LogP contribution in [0.3, 0.4) is 0 Å². The number of carbonyl (C=O) groups is 2. The van der Waals surface area contributed by atoms with Crippen LogP contribution >= 0.6 is 0 Å². The number of carboxylic acid groups (broad SMARTS) is 1. The van der Waals surface area contributed by atoms with Gasteiger partial charge in [0.1, 0.15) is 10.8 Å². The molecule has 9 heteroatoms. The normalized spacial score (nSPS) is 27.5. The second-order valence-corrected chi connectivity index (χ2v) is 6.37. The van der Waals surface area contributed by atoms with Gasteiger partial charge < -0.3 is 14.7 Å². The number of carboxylic acids is 1. The van der Waals surface area contributed by atoms with Gasteiger partial charge in [0.2, 0.25) is 5.91 Å². The molecule has 1 amide bonds. The predicted octanol–water partition coefficient (Wildman–Crippen LogP) is -0.480. The zero-order chi connectivity index (χ0) is 14.3. The fraction of sp³-hybridized carbons (Fsp3) is 0.800. The molecular weight excluding hydrogens is 281 g/mol. The van der Waals surface area contributed by atoms with Gasteiger partial charge >= 0.3 is 16.2 Å². The van der Waals surface area contributed by atoms with Crippen LogP contribution in [0.4, 0.5) is 3.89 Å². The number of ether oxygens (including phenoxy) is 1. The molecule has 0 saturated carbocycles. The molecular formula is C10H14FNO6S. The van der Waals surface area contributed by atoms with Gasteiger partial charge in [0, 0.05) is 39.0 Å². The summed E-state index contributed by atoms with van der Waals surface area (Å²) in [5.41, 5.74) is -1.48. The number of amides is 1. The Hall–Kier alpha value is -1.22. The van der Waals surface area contributed by atoms with Gasteiger partial charge in [-0.2, -0.15) is 8.42 Å². The monoisotopic (exact) mass is 295 g/mol. The number of nitrogens with zero attached hydrogens (tertiary/aromatic N) is 1. The third-order valence-electron chi connectivity index (χ3n) is 3.72. The molecule has 2 aliphatic heterocycles. The summed E-state index contributed by atoms with van der Waals surface area (Å²) < 4.78 is 39.8. The minimum absolute atomic E-state index is 0.0765. The van der Waals surface area contributed by atoms with Crippen molar-refractivity contribution in [3.63, 3.8) is 0 Å². The fourth-order valence-corrected chi connectivity index (χ4v) is 3.25. The molecule has 0 radical (unpaired) electrons. The van der Waals surface area contributed by atoms with Crippen LogP contribution in [0.2, 0.25) is 0 Å². The van der Waals surface area contributed by atoms with Gasteiger partial charge in [-0.15, -0.1) is 3.89 Å². The Balaban J connectivity index is 2.29. The number of halogens is 1. The van der Waals surface area contributed by atoms with Crippen molar-refractivity contribution in [2.75, 3.05) is 19.8 Å². The molecule has 7 nitrogen and oxygen atoms in total. The number of rotatable bonds is 3. The Morgan fingerprint density at radius 3 is 2.42 bits per heavy atom. The molecule has 0 aromatic heterocycles. The maximum atomic E-state index is 13.0. The van der Waals surface area contributed by atoms with E-state index in [0.717, 1.165) is 4.90 Å². The molecule has 0 aromatic rings. The van der Waals surface area contributed by atoms with Crippen LogP contribution in [0.1, 0.15) is 19.3 Å². The van der Waals surface area contributed by atoms with Crippen molar-refractivity contribution in [3.8, 4) is 0 Å². The van der Waals surface area contributed by atoms with E-state index in [4.69, 9.17) is 4.74 Å². The van der Waals surface area contributed by atoms with Crippen LogP contribution in [0.15, 0.2) is 0 Å². The summed E-state index contributed by atoms with van der Waals surface area (Å²) in [7, 11) is -4.85. The number of carbonyl (C=O) groups excluding carboxylic acids is 1. The second-order valence-electron chi connectivity index (χ2n) is 4.76. The maximum Gasteiger partial charge on any atom is 0.329 e. The largest absolute Gasteiger partial charge is 0.479 e. The number of aliphatic carboxylic acids is 1. The Bertz CT molecular complexity index is 498. The second kappa shape index (κ2) is 4.71. The van der Waals surface area contributed by atoms with Crippen molar-refractivity contribution in [2.45, 2.75) is 30.1 Å². The molecule has 1 N–H and O–H groups in total. The lowest BCUT2D eigenvalue weighted by Gasteiger charge is -2.40. The zero-order valence-corrected chi connectivity index (χ0v) is 10.9. The molecule has 2 rings (SSSR count). The van der Waals surface area contributed by atoms with Gasteiger partial charge in [-0.25, -0.2) is 4.79 Å². The van der Waals surface area contributed by atoms with Gasteiger partial charge in [0.15, 0.2) is 0 Å². The third-order valence-corrected chi connectivity index (χ3v) is 4.83. The molecule has 0 spiro atoms. The molecule has 2 saturated heterocycles. The minimum Gasteiger partial charge on any atom is -0.479 e. The maximum absolute atomic E-state index is 13.0. The molecule has 2 heterocycles. The smallest absolute Gasteiger partial charge is 0.329 e. The summed E-state index contributed by atoms with van der Waals surface area (Å²) >= 11 is 0. The summed E-state index contributed by atoms with van der Waals surface area (Å²) in [6.45, 7) is -0.0732. The van der Waals surface area contributed by atoms with Gasteiger partial charge in [-0.05, 0) is 0 Å². The van der Waals surface area contributed by atoms with Gasteiger partial charge in [0.05, 0.1) is 0 Å². The summed E-state index contributed by atoms with van der Waals surface area (Å²) in [6, 6.07) is 0. The van der Waals surface area contributed by atoms with E-state index in [2.05, 4.69) is 0 Å². The lowest BCUT2D eigenvalue weighted by molar-refractivity contribution is -0.163. The summed E-state index contributed by atoms with van der Waals surface area (Å²) in [6.07, 6.45) is -0.352. The third kappa shape index (κ3) is 2.44. The molecule has 19 heavy (non-hydrogen) atoms. The Morgan fingerprint density at radius 2 is 2.00 bits per heavy atom. The van der Waals surface area contributed by atoms with Crippen molar-refractivity contribution in [2.24, 2.45) is 0 Å². The van der Waals surface area contributed by atoms with Gasteiger partial charge in [0.25, 0.3) is 0 Å². The van der Waals surface area contributed by atoms with E-state index < -0.39 is 45.9 Å². The van der Waals surface area contributed by atoms with Crippen molar-refractivity contribution in [3.05, 3.63) is 0 Å². The highest BCUT2D eigenvalue weighted by Crippen LogP contribution is 2.34. The first kappa shape index (κ1) is 14.2. The van der Waals surface area contributed by atoms with Crippen LogP contribution in [-0.2, 0) is 24.5 Å². The molecule has 0 aromatic carbocycles. The molecule has 1 unspecified atom stereocenters. The highest BCUT2D eigenvalue weighted by molar-refractivity contribution is 7.87. The number of hydrogen-bond donors (Lipinski definition) is 1. The highest BCUT2D eigenvalue weighted by Gasteiger charge is 2.53. The van der Waals surface area contributed by atoms with Crippen LogP contribution in [0.5, 0.6) is 0 Å². The number of hydrogen-bond acceptors (Lipinski definition) is 5. The molecule has 0 aliphatic carbocycles. The van der Waals surface area contributed by atoms with E-state index >= 15 is 0 Å². The van der Waals surface area contributed by atoms with Crippen LogP contribution < -0.4 is 0 Å². The standard InChI is InChI=1S/C10H14FNO6S/c11-19(16,17)7-5-8(13)12(6-7)10(9(14)15)1-3-18-4-2-10/h7H,1-6H2,(H,14,15). The van der Waals surface area contributed by atoms with Crippen molar-refractivity contribution < 1.29 is 31.7 Å². The van der Waals surface area contributed by atoms with E-state index in [-0.39, 0.29) is 26.1 Å². The number of likely N-dealkylation sites (tertiary alicyclic amines) is 1. The summed E-state index contributed by atoms with van der Waals surface area (Å²) in [5.74, 6) is -1.85. The lowest BCUT2D eigenvalue weighted by Crippen LogP contribution is -2.58. The van der Waals surface area contributed by atoms with Gasteiger partial charge in [-0.1, -0.05) is 0 Å². The van der Waals surface area contributed by atoms with Crippen LogP contribution in [0, 0.1) is 0 Å². The Kier molecular flexibility index (Phi) is 3.52.